The van der Waals surface area contributed by atoms with E-state index in [4.69, 9.17) is 0 Å². The van der Waals surface area contributed by atoms with Crippen molar-refractivity contribution < 1.29 is 0 Å². The van der Waals surface area contributed by atoms with E-state index >= 15 is 0 Å². The van der Waals surface area contributed by atoms with E-state index in [-0.39, 0.29) is 0 Å². The van der Waals surface area contributed by atoms with Gasteiger partial charge in [-0.3, -0.25) is 0 Å². The zero-order chi connectivity index (χ0) is 11.5. The van der Waals surface area contributed by atoms with Crippen LogP contribution in [0.3, 0.4) is 0 Å². The molecule has 0 N–H and O–H groups in total. The Morgan fingerprint density at radius 2 is 1.81 bits per heavy atom. The van der Waals surface area contributed by atoms with Crippen molar-refractivity contribution in [3.8, 4) is 0 Å². The van der Waals surface area contributed by atoms with Crippen LogP contribution in [-0.2, 0) is 0 Å². The van der Waals surface area contributed by atoms with Crippen LogP contribution in [-0.4, -0.2) is 6.26 Å². The van der Waals surface area contributed by atoms with Crippen molar-refractivity contribution in [3.05, 3.63) is 42.0 Å². The Bertz CT molecular complexity index is 483. The third-order valence-corrected chi connectivity index (χ3v) is 4.04. The molecular weight excluding hydrogens is 212 g/mol. The van der Waals surface area contributed by atoms with E-state index in [1.165, 1.54) is 27.7 Å². The minimum atomic E-state index is 0.636. The van der Waals surface area contributed by atoms with Gasteiger partial charge in [-0.05, 0) is 41.0 Å². The molecule has 16 heavy (non-hydrogen) atoms. The highest BCUT2D eigenvalue weighted by molar-refractivity contribution is 7.98. The van der Waals surface area contributed by atoms with Crippen molar-refractivity contribution in [2.75, 3.05) is 6.26 Å². The highest BCUT2D eigenvalue weighted by Crippen LogP contribution is 2.33. The summed E-state index contributed by atoms with van der Waals surface area (Å²) in [4.78, 5) is 1.40. The maximum absolute atomic E-state index is 2.31. The summed E-state index contributed by atoms with van der Waals surface area (Å²) < 4.78 is 0. The molecule has 0 saturated heterocycles. The van der Waals surface area contributed by atoms with Gasteiger partial charge in [-0.2, -0.15) is 0 Å². The summed E-state index contributed by atoms with van der Waals surface area (Å²) in [5.41, 5.74) is 1.49. The van der Waals surface area contributed by atoms with E-state index in [0.717, 1.165) is 0 Å². The smallest absolute Gasteiger partial charge is 0.0150 e. The van der Waals surface area contributed by atoms with Gasteiger partial charge >= 0.3 is 0 Å². The summed E-state index contributed by atoms with van der Waals surface area (Å²) >= 11 is 1.84. The van der Waals surface area contributed by atoms with Crippen LogP contribution in [0.25, 0.3) is 10.8 Å². The van der Waals surface area contributed by atoms with E-state index in [2.05, 4.69) is 56.5 Å². The first kappa shape index (κ1) is 11.5. The second-order valence-corrected chi connectivity index (χ2v) is 5.06. The van der Waals surface area contributed by atoms with Crippen LogP contribution in [0.15, 0.2) is 41.3 Å². The van der Waals surface area contributed by atoms with Gasteiger partial charge < -0.3 is 0 Å². The van der Waals surface area contributed by atoms with Crippen molar-refractivity contribution in [2.24, 2.45) is 0 Å². The van der Waals surface area contributed by atoms with Gasteiger partial charge in [0.15, 0.2) is 0 Å². The maximum Gasteiger partial charge on any atom is 0.0150 e. The Morgan fingerprint density at radius 3 is 2.44 bits per heavy atom. The first-order chi connectivity index (χ1) is 7.77. The van der Waals surface area contributed by atoms with Gasteiger partial charge in [0.1, 0.15) is 0 Å². The van der Waals surface area contributed by atoms with Gasteiger partial charge in [0.25, 0.3) is 0 Å². The molecule has 0 amide bonds. The normalized spacial score (nSPS) is 12.9. The molecule has 0 aliphatic heterocycles. The predicted octanol–water partition coefficient (Wildman–Crippen LogP) is 5.08. The highest BCUT2D eigenvalue weighted by atomic mass is 32.2. The van der Waals surface area contributed by atoms with Gasteiger partial charge in [0.05, 0.1) is 0 Å². The second kappa shape index (κ2) is 4.92. The quantitative estimate of drug-likeness (QED) is 0.663. The molecule has 0 heterocycles. The zero-order valence-corrected chi connectivity index (χ0v) is 11.0. The van der Waals surface area contributed by atoms with Crippen LogP contribution >= 0.6 is 11.8 Å². The molecule has 0 aliphatic carbocycles. The highest BCUT2D eigenvalue weighted by Gasteiger charge is 2.10. The van der Waals surface area contributed by atoms with Gasteiger partial charge in [-0.1, -0.05) is 44.2 Å². The van der Waals surface area contributed by atoms with E-state index in [1.807, 2.05) is 11.8 Å². The lowest BCUT2D eigenvalue weighted by atomic mass is 9.93. The molecule has 0 fully saturated rings. The summed E-state index contributed by atoms with van der Waals surface area (Å²) in [6.45, 7) is 4.57. The Hall–Kier alpha value is -0.950. The molecule has 1 heteroatoms. The molecular formula is C15H18S. The number of hydrogen-bond acceptors (Lipinski definition) is 1. The lowest BCUT2D eigenvalue weighted by Crippen LogP contribution is -1.93. The number of rotatable bonds is 3. The third-order valence-electron chi connectivity index (χ3n) is 3.26. The molecule has 2 rings (SSSR count). The Balaban J connectivity index is 2.73. The Morgan fingerprint density at radius 1 is 1.12 bits per heavy atom. The van der Waals surface area contributed by atoms with E-state index in [1.54, 1.807) is 0 Å². The molecule has 0 spiro atoms. The topological polar surface area (TPSA) is 0 Å². The molecule has 2 aromatic rings. The minimum absolute atomic E-state index is 0.636. The number of benzene rings is 2. The predicted molar refractivity (Wildman–Crippen MR) is 74.4 cm³/mol. The van der Waals surface area contributed by atoms with Crippen LogP contribution < -0.4 is 0 Å². The fourth-order valence-corrected chi connectivity index (χ4v) is 2.79. The number of thioether (sulfide) groups is 1. The molecule has 0 saturated carbocycles. The average Bonchev–Trinajstić information content (AvgIpc) is 2.36. The minimum Gasteiger partial charge on any atom is -0.129 e. The van der Waals surface area contributed by atoms with Gasteiger partial charge in [0.2, 0.25) is 0 Å². The summed E-state index contributed by atoms with van der Waals surface area (Å²) in [5.74, 6) is 0.636. The first-order valence-electron chi connectivity index (χ1n) is 5.83. The average molecular weight is 230 g/mol. The zero-order valence-electron chi connectivity index (χ0n) is 10.2. The lowest BCUT2D eigenvalue weighted by Gasteiger charge is -2.14. The second-order valence-electron chi connectivity index (χ2n) is 4.21. The van der Waals surface area contributed by atoms with Crippen LogP contribution in [0.1, 0.15) is 31.7 Å². The van der Waals surface area contributed by atoms with E-state index < -0.39 is 0 Å². The van der Waals surface area contributed by atoms with Crippen LogP contribution in [0.4, 0.5) is 0 Å². The van der Waals surface area contributed by atoms with Crippen molar-refractivity contribution in [2.45, 2.75) is 31.1 Å². The summed E-state index contributed by atoms with van der Waals surface area (Å²) in [6.07, 6.45) is 3.35. The van der Waals surface area contributed by atoms with Crippen molar-refractivity contribution in [1.82, 2.24) is 0 Å². The summed E-state index contributed by atoms with van der Waals surface area (Å²) in [6, 6.07) is 13.2. The summed E-state index contributed by atoms with van der Waals surface area (Å²) in [7, 11) is 0. The SMILES string of the molecule is CCC(C)c1cccc2cccc(SC)c12. The van der Waals surface area contributed by atoms with Crippen LogP contribution in [0.5, 0.6) is 0 Å². The van der Waals surface area contributed by atoms with Gasteiger partial charge in [-0.25, -0.2) is 0 Å². The van der Waals surface area contributed by atoms with Crippen molar-refractivity contribution in [3.63, 3.8) is 0 Å². The molecule has 0 nitrogen and oxygen atoms in total. The monoisotopic (exact) mass is 230 g/mol. The fourth-order valence-electron chi connectivity index (χ4n) is 2.14. The Labute approximate surface area is 102 Å². The summed E-state index contributed by atoms with van der Waals surface area (Å²) in [5, 5.41) is 2.82. The number of fused-ring (bicyclic) bond motifs is 1. The van der Waals surface area contributed by atoms with Crippen LogP contribution in [0, 0.1) is 0 Å². The third kappa shape index (κ3) is 1.97. The number of hydrogen-bond donors (Lipinski definition) is 0. The molecule has 0 radical (unpaired) electrons. The van der Waals surface area contributed by atoms with Crippen molar-refractivity contribution in [1.29, 1.82) is 0 Å². The van der Waals surface area contributed by atoms with Gasteiger partial charge in [-0.15, -0.1) is 11.8 Å². The van der Waals surface area contributed by atoms with E-state index in [9.17, 15) is 0 Å². The molecule has 84 valence electrons. The Kier molecular flexibility index (Phi) is 3.55. The molecule has 1 unspecified atom stereocenters. The standard InChI is InChI=1S/C15H18S/c1-4-11(2)13-9-5-7-12-8-6-10-14(16-3)15(12)13/h5-11H,4H2,1-3H3. The fraction of sp³-hybridized carbons (Fsp3) is 0.333. The first-order valence-corrected chi connectivity index (χ1v) is 7.06. The lowest BCUT2D eigenvalue weighted by molar-refractivity contribution is 0.739. The molecule has 1 atom stereocenters. The van der Waals surface area contributed by atoms with E-state index in [0.29, 0.717) is 5.92 Å². The molecule has 0 aromatic heterocycles. The molecule has 0 bridgehead atoms. The maximum atomic E-state index is 2.31. The van der Waals surface area contributed by atoms with Crippen molar-refractivity contribution >= 4 is 22.5 Å². The van der Waals surface area contributed by atoms with Gasteiger partial charge in [0, 0.05) is 4.90 Å². The van der Waals surface area contributed by atoms with Crippen LogP contribution in [0.2, 0.25) is 0 Å². The molecule has 0 aliphatic rings. The largest absolute Gasteiger partial charge is 0.129 e. The molecule has 2 aromatic carbocycles.